The molecule has 1 aromatic rings. The summed E-state index contributed by atoms with van der Waals surface area (Å²) in [5, 5.41) is 0. The van der Waals surface area contributed by atoms with Crippen LogP contribution in [-0.2, 0) is 6.42 Å². The first kappa shape index (κ1) is 13.7. The van der Waals surface area contributed by atoms with Crippen molar-refractivity contribution in [3.63, 3.8) is 0 Å². The largest absolute Gasteiger partial charge is 0.330 e. The molecule has 0 spiro atoms. The third-order valence-electron chi connectivity index (χ3n) is 3.20. The van der Waals surface area contributed by atoms with Crippen molar-refractivity contribution in [3.8, 4) is 0 Å². The monoisotopic (exact) mass is 284 g/mol. The fourth-order valence-electron chi connectivity index (χ4n) is 1.86. The van der Waals surface area contributed by atoms with Gasteiger partial charge in [0.1, 0.15) is 0 Å². The van der Waals surface area contributed by atoms with Crippen LogP contribution >= 0.6 is 15.9 Å². The van der Waals surface area contributed by atoms with E-state index in [0.29, 0.717) is 24.9 Å². The van der Waals surface area contributed by atoms with Crippen molar-refractivity contribution in [2.75, 3.05) is 13.1 Å². The molecule has 2 nitrogen and oxygen atoms in total. The molecule has 1 atom stereocenters. The maximum atomic E-state index is 5.70. The lowest BCUT2D eigenvalue weighted by Gasteiger charge is -2.21. The number of hydrogen-bond donors (Lipinski definition) is 2. The van der Waals surface area contributed by atoms with Crippen molar-refractivity contribution >= 4 is 15.9 Å². The highest BCUT2D eigenvalue weighted by atomic mass is 79.9. The van der Waals surface area contributed by atoms with Crippen LogP contribution in [0.3, 0.4) is 0 Å². The normalized spacial score (nSPS) is 13.1. The molecule has 0 bridgehead atoms. The van der Waals surface area contributed by atoms with Gasteiger partial charge in [-0.1, -0.05) is 35.0 Å². The lowest BCUT2D eigenvalue weighted by atomic mass is 9.88. The Labute approximate surface area is 107 Å². The molecule has 0 saturated carbocycles. The molecule has 0 fully saturated rings. The van der Waals surface area contributed by atoms with Crippen LogP contribution in [0.15, 0.2) is 22.7 Å². The van der Waals surface area contributed by atoms with Crippen molar-refractivity contribution in [2.45, 2.75) is 20.3 Å². The minimum absolute atomic E-state index is 0.417. The third kappa shape index (κ3) is 3.58. The van der Waals surface area contributed by atoms with Gasteiger partial charge < -0.3 is 11.5 Å². The van der Waals surface area contributed by atoms with Crippen LogP contribution in [0.4, 0.5) is 0 Å². The van der Waals surface area contributed by atoms with Gasteiger partial charge in [0.05, 0.1) is 0 Å². The van der Waals surface area contributed by atoms with Gasteiger partial charge in [0.2, 0.25) is 0 Å². The van der Waals surface area contributed by atoms with Crippen molar-refractivity contribution in [1.82, 2.24) is 0 Å². The van der Waals surface area contributed by atoms with Gasteiger partial charge in [0.25, 0.3) is 0 Å². The van der Waals surface area contributed by atoms with Crippen LogP contribution in [0.25, 0.3) is 0 Å². The molecule has 0 aliphatic carbocycles. The molecule has 0 aliphatic rings. The molecule has 16 heavy (non-hydrogen) atoms. The molecule has 1 rings (SSSR count). The maximum Gasteiger partial charge on any atom is 0.0207 e. The molecule has 1 aromatic carbocycles. The molecular weight excluding hydrogens is 264 g/mol. The van der Waals surface area contributed by atoms with E-state index in [1.54, 1.807) is 0 Å². The predicted octanol–water partition coefficient (Wildman–Crippen LogP) is 2.47. The molecule has 0 amide bonds. The van der Waals surface area contributed by atoms with E-state index in [-0.39, 0.29) is 0 Å². The zero-order chi connectivity index (χ0) is 12.1. The zero-order valence-corrected chi connectivity index (χ0v) is 11.6. The van der Waals surface area contributed by atoms with E-state index in [0.717, 1.165) is 6.42 Å². The summed E-state index contributed by atoms with van der Waals surface area (Å²) in [5.74, 6) is 0.949. The average molecular weight is 285 g/mol. The molecule has 3 heteroatoms. The maximum absolute atomic E-state index is 5.70. The number of halogens is 1. The van der Waals surface area contributed by atoms with E-state index < -0.39 is 0 Å². The summed E-state index contributed by atoms with van der Waals surface area (Å²) < 4.78 is 1.18. The van der Waals surface area contributed by atoms with E-state index in [4.69, 9.17) is 11.5 Å². The van der Waals surface area contributed by atoms with Crippen LogP contribution in [-0.4, -0.2) is 13.1 Å². The molecule has 0 saturated heterocycles. The van der Waals surface area contributed by atoms with Crippen molar-refractivity contribution in [1.29, 1.82) is 0 Å². The average Bonchev–Trinajstić information content (AvgIpc) is 2.25. The molecule has 90 valence electrons. The van der Waals surface area contributed by atoms with Gasteiger partial charge in [-0.3, -0.25) is 0 Å². The van der Waals surface area contributed by atoms with Gasteiger partial charge in [0, 0.05) is 4.47 Å². The summed E-state index contributed by atoms with van der Waals surface area (Å²) in [5.41, 5.74) is 14.0. The quantitative estimate of drug-likeness (QED) is 0.873. The van der Waals surface area contributed by atoms with Crippen LogP contribution in [0.2, 0.25) is 0 Å². The first-order valence-corrected chi connectivity index (χ1v) is 6.53. The van der Waals surface area contributed by atoms with Gasteiger partial charge in [-0.05, 0) is 55.5 Å². The SMILES string of the molecule is Cc1ccc(CC(C)C(CN)CN)cc1Br. The smallest absolute Gasteiger partial charge is 0.0207 e. The lowest BCUT2D eigenvalue weighted by molar-refractivity contribution is 0.372. The van der Waals surface area contributed by atoms with Gasteiger partial charge >= 0.3 is 0 Å². The van der Waals surface area contributed by atoms with Crippen molar-refractivity contribution in [2.24, 2.45) is 23.3 Å². The first-order chi connectivity index (χ1) is 7.58. The second-order valence-corrected chi connectivity index (χ2v) is 5.35. The summed E-state index contributed by atoms with van der Waals surface area (Å²) in [7, 11) is 0. The Morgan fingerprint density at radius 3 is 2.38 bits per heavy atom. The van der Waals surface area contributed by atoms with Crippen molar-refractivity contribution in [3.05, 3.63) is 33.8 Å². The summed E-state index contributed by atoms with van der Waals surface area (Å²) in [6.45, 7) is 5.66. The number of benzene rings is 1. The predicted molar refractivity (Wildman–Crippen MR) is 73.3 cm³/mol. The van der Waals surface area contributed by atoms with Crippen LogP contribution < -0.4 is 11.5 Å². The molecule has 0 aliphatic heterocycles. The highest BCUT2D eigenvalue weighted by Gasteiger charge is 2.14. The van der Waals surface area contributed by atoms with Gasteiger partial charge in [-0.15, -0.1) is 0 Å². The number of rotatable bonds is 5. The van der Waals surface area contributed by atoms with E-state index in [1.165, 1.54) is 15.6 Å². The van der Waals surface area contributed by atoms with Crippen LogP contribution in [0.5, 0.6) is 0 Å². The Bertz CT molecular complexity index is 335. The standard InChI is InChI=1S/C13H21BrN2/c1-9-3-4-11(6-13(9)14)5-10(2)12(7-15)8-16/h3-4,6,10,12H,5,7-8,15-16H2,1-2H3. The zero-order valence-electron chi connectivity index (χ0n) is 10.0. The minimum Gasteiger partial charge on any atom is -0.330 e. The summed E-state index contributed by atoms with van der Waals surface area (Å²) in [4.78, 5) is 0. The molecule has 4 N–H and O–H groups in total. The summed E-state index contributed by atoms with van der Waals surface area (Å²) >= 11 is 3.56. The van der Waals surface area contributed by atoms with Gasteiger partial charge in [0.15, 0.2) is 0 Å². The second-order valence-electron chi connectivity index (χ2n) is 4.50. The summed E-state index contributed by atoms with van der Waals surface area (Å²) in [6.07, 6.45) is 1.04. The third-order valence-corrected chi connectivity index (χ3v) is 4.06. The summed E-state index contributed by atoms with van der Waals surface area (Å²) in [6, 6.07) is 6.52. The van der Waals surface area contributed by atoms with Crippen LogP contribution in [0.1, 0.15) is 18.1 Å². The Kier molecular flexibility index (Phi) is 5.46. The number of nitrogens with two attached hydrogens (primary N) is 2. The minimum atomic E-state index is 0.417. The fraction of sp³-hybridized carbons (Fsp3) is 0.538. The van der Waals surface area contributed by atoms with Gasteiger partial charge in [-0.2, -0.15) is 0 Å². The number of hydrogen-bond acceptors (Lipinski definition) is 2. The highest BCUT2D eigenvalue weighted by molar-refractivity contribution is 9.10. The molecule has 0 radical (unpaired) electrons. The van der Waals surface area contributed by atoms with Crippen molar-refractivity contribution < 1.29 is 0 Å². The fourth-order valence-corrected chi connectivity index (χ4v) is 2.29. The van der Waals surface area contributed by atoms with E-state index in [9.17, 15) is 0 Å². The highest BCUT2D eigenvalue weighted by Crippen LogP contribution is 2.21. The molecule has 0 aromatic heterocycles. The second kappa shape index (κ2) is 6.38. The van der Waals surface area contributed by atoms with E-state index in [1.807, 2.05) is 0 Å². The molecule has 1 unspecified atom stereocenters. The molecular formula is C13H21BrN2. The van der Waals surface area contributed by atoms with E-state index in [2.05, 4.69) is 48.0 Å². The Morgan fingerprint density at radius 1 is 1.25 bits per heavy atom. The Morgan fingerprint density at radius 2 is 1.88 bits per heavy atom. The van der Waals surface area contributed by atoms with Gasteiger partial charge in [-0.25, -0.2) is 0 Å². The van der Waals surface area contributed by atoms with Crippen LogP contribution in [0, 0.1) is 18.8 Å². The topological polar surface area (TPSA) is 52.0 Å². The Hall–Kier alpha value is -0.380. The molecule has 0 heterocycles. The first-order valence-electron chi connectivity index (χ1n) is 5.73. The number of aryl methyl sites for hydroxylation is 1. The Balaban J connectivity index is 2.69. The lowest BCUT2D eigenvalue weighted by Crippen LogP contribution is -2.30. The van der Waals surface area contributed by atoms with E-state index >= 15 is 0 Å².